The first kappa shape index (κ1) is 18.7. The Kier molecular flexibility index (Phi) is 5.24. The fourth-order valence-electron chi connectivity index (χ4n) is 2.65. The number of hydrogen-bond acceptors (Lipinski definition) is 7. The number of fused-ring (bicyclic) bond motifs is 1. The molecule has 0 unspecified atom stereocenters. The predicted octanol–water partition coefficient (Wildman–Crippen LogP) is 4.33. The van der Waals surface area contributed by atoms with Crippen molar-refractivity contribution in [2.75, 3.05) is 7.11 Å². The van der Waals surface area contributed by atoms with Crippen LogP contribution >= 0.6 is 23.1 Å². The van der Waals surface area contributed by atoms with Gasteiger partial charge in [-0.05, 0) is 45.4 Å². The Morgan fingerprint density at radius 1 is 1.38 bits per heavy atom. The molecule has 0 saturated heterocycles. The van der Waals surface area contributed by atoms with Crippen LogP contribution in [0.15, 0.2) is 26.5 Å². The van der Waals surface area contributed by atoms with Crippen molar-refractivity contribution in [1.29, 1.82) is 0 Å². The predicted molar refractivity (Wildman–Crippen MR) is 103 cm³/mol. The molecule has 8 heteroatoms. The third-order valence-corrected chi connectivity index (χ3v) is 6.19. The standard InChI is InChI=1S/C18H20N2O4S2/c1-9(2)20-16(21)14-10(3)11(4)26-15(14)19-18(20)25-8-12-6-7-13(24-12)17(22)23-5/h6-7,9H,8H2,1-5H3. The highest BCUT2D eigenvalue weighted by Gasteiger charge is 2.19. The average Bonchev–Trinajstić information content (AvgIpc) is 3.17. The molecule has 3 aromatic rings. The van der Waals surface area contributed by atoms with Gasteiger partial charge in [0.05, 0.1) is 18.2 Å². The Morgan fingerprint density at radius 2 is 2.12 bits per heavy atom. The first-order valence-electron chi connectivity index (χ1n) is 8.15. The van der Waals surface area contributed by atoms with Crippen LogP contribution in [0, 0.1) is 13.8 Å². The van der Waals surface area contributed by atoms with Gasteiger partial charge in [-0.1, -0.05) is 11.8 Å². The molecule has 0 N–H and O–H groups in total. The van der Waals surface area contributed by atoms with Crippen LogP contribution in [0.2, 0.25) is 0 Å². The molecule has 138 valence electrons. The summed E-state index contributed by atoms with van der Waals surface area (Å²) in [5, 5.41) is 1.35. The van der Waals surface area contributed by atoms with E-state index in [0.29, 0.717) is 22.1 Å². The number of furan rings is 1. The third kappa shape index (κ3) is 3.31. The Balaban J connectivity index is 1.96. The van der Waals surface area contributed by atoms with E-state index in [1.807, 2.05) is 27.7 Å². The number of aryl methyl sites for hydroxylation is 2. The summed E-state index contributed by atoms with van der Waals surface area (Å²) in [5.41, 5.74) is 0.992. The Labute approximate surface area is 159 Å². The minimum absolute atomic E-state index is 0.0101. The number of carbonyl (C=O) groups is 1. The van der Waals surface area contributed by atoms with E-state index in [1.165, 1.54) is 30.2 Å². The maximum absolute atomic E-state index is 13.0. The zero-order valence-electron chi connectivity index (χ0n) is 15.3. The smallest absolute Gasteiger partial charge is 0.373 e. The van der Waals surface area contributed by atoms with E-state index in [1.54, 1.807) is 16.7 Å². The van der Waals surface area contributed by atoms with Crippen LogP contribution in [0.3, 0.4) is 0 Å². The highest BCUT2D eigenvalue weighted by molar-refractivity contribution is 7.98. The zero-order chi connectivity index (χ0) is 19.0. The van der Waals surface area contributed by atoms with Crippen molar-refractivity contribution in [2.24, 2.45) is 0 Å². The first-order chi connectivity index (χ1) is 12.3. The second-order valence-electron chi connectivity index (χ2n) is 6.17. The summed E-state index contributed by atoms with van der Waals surface area (Å²) in [6.45, 7) is 7.91. The molecule has 0 atom stereocenters. The number of hydrogen-bond donors (Lipinski definition) is 0. The van der Waals surface area contributed by atoms with Crippen molar-refractivity contribution in [1.82, 2.24) is 9.55 Å². The van der Waals surface area contributed by atoms with Crippen LogP contribution in [-0.4, -0.2) is 22.6 Å². The summed E-state index contributed by atoms with van der Waals surface area (Å²) in [5.74, 6) is 0.741. The quantitative estimate of drug-likeness (QED) is 0.366. The lowest BCUT2D eigenvalue weighted by atomic mass is 10.2. The highest BCUT2D eigenvalue weighted by Crippen LogP contribution is 2.30. The summed E-state index contributed by atoms with van der Waals surface area (Å²) >= 11 is 2.96. The molecule has 0 saturated carbocycles. The molecule has 0 aliphatic heterocycles. The molecule has 0 aliphatic carbocycles. The van der Waals surface area contributed by atoms with Gasteiger partial charge >= 0.3 is 5.97 Å². The normalized spacial score (nSPS) is 11.5. The topological polar surface area (TPSA) is 74.3 Å². The minimum Gasteiger partial charge on any atom is -0.463 e. The third-order valence-electron chi connectivity index (χ3n) is 4.11. The lowest BCUT2D eigenvalue weighted by Gasteiger charge is -2.15. The number of aromatic nitrogens is 2. The van der Waals surface area contributed by atoms with Gasteiger partial charge in [0.15, 0.2) is 5.16 Å². The molecule has 0 aliphatic rings. The number of methoxy groups -OCH3 is 1. The highest BCUT2D eigenvalue weighted by atomic mass is 32.2. The van der Waals surface area contributed by atoms with E-state index in [2.05, 4.69) is 4.74 Å². The zero-order valence-corrected chi connectivity index (χ0v) is 16.9. The Bertz CT molecular complexity index is 1030. The number of esters is 1. The number of rotatable bonds is 5. The van der Waals surface area contributed by atoms with Crippen molar-refractivity contribution in [3.05, 3.63) is 44.4 Å². The molecule has 0 fully saturated rings. The van der Waals surface area contributed by atoms with Crippen LogP contribution in [0.5, 0.6) is 0 Å². The summed E-state index contributed by atoms with van der Waals surface area (Å²) in [6.07, 6.45) is 0. The summed E-state index contributed by atoms with van der Waals surface area (Å²) in [4.78, 5) is 31.1. The number of thiophene rings is 1. The van der Waals surface area contributed by atoms with Gasteiger partial charge in [0.2, 0.25) is 5.76 Å². The van der Waals surface area contributed by atoms with Crippen molar-refractivity contribution in [3.8, 4) is 0 Å². The second kappa shape index (κ2) is 7.28. The van der Waals surface area contributed by atoms with Crippen LogP contribution in [-0.2, 0) is 10.5 Å². The monoisotopic (exact) mass is 392 g/mol. The van der Waals surface area contributed by atoms with Gasteiger partial charge in [-0.3, -0.25) is 9.36 Å². The SMILES string of the molecule is COC(=O)c1ccc(CSc2nc3sc(C)c(C)c3c(=O)n2C(C)C)o1. The number of nitrogens with zero attached hydrogens (tertiary/aromatic N) is 2. The lowest BCUT2D eigenvalue weighted by molar-refractivity contribution is 0.0563. The number of ether oxygens (including phenoxy) is 1. The fraction of sp³-hybridized carbons (Fsp3) is 0.389. The van der Waals surface area contributed by atoms with E-state index < -0.39 is 5.97 Å². The Morgan fingerprint density at radius 3 is 2.77 bits per heavy atom. The number of carbonyl (C=O) groups excluding carboxylic acids is 1. The molecule has 0 bridgehead atoms. The molecule has 3 rings (SSSR count). The van der Waals surface area contributed by atoms with E-state index >= 15 is 0 Å². The van der Waals surface area contributed by atoms with E-state index in [4.69, 9.17) is 9.40 Å². The molecular weight excluding hydrogens is 372 g/mol. The molecule has 26 heavy (non-hydrogen) atoms. The van der Waals surface area contributed by atoms with Crippen LogP contribution in [0.25, 0.3) is 10.2 Å². The number of thioether (sulfide) groups is 1. The Hall–Kier alpha value is -2.06. The minimum atomic E-state index is -0.510. The molecule has 6 nitrogen and oxygen atoms in total. The molecule has 0 radical (unpaired) electrons. The summed E-state index contributed by atoms with van der Waals surface area (Å²) in [6, 6.07) is 3.30. The maximum Gasteiger partial charge on any atom is 0.373 e. The second-order valence-corrected chi connectivity index (χ2v) is 8.32. The molecule has 0 amide bonds. The van der Waals surface area contributed by atoms with Crippen molar-refractivity contribution in [3.63, 3.8) is 0 Å². The van der Waals surface area contributed by atoms with Gasteiger partial charge in [0.1, 0.15) is 10.6 Å². The van der Waals surface area contributed by atoms with Gasteiger partial charge < -0.3 is 9.15 Å². The van der Waals surface area contributed by atoms with Crippen LogP contribution < -0.4 is 5.56 Å². The molecule has 0 spiro atoms. The van der Waals surface area contributed by atoms with E-state index in [9.17, 15) is 9.59 Å². The van der Waals surface area contributed by atoms with Gasteiger partial charge in [-0.15, -0.1) is 11.3 Å². The fourth-order valence-corrected chi connectivity index (χ4v) is 4.74. The summed E-state index contributed by atoms with van der Waals surface area (Å²) in [7, 11) is 1.31. The largest absolute Gasteiger partial charge is 0.463 e. The van der Waals surface area contributed by atoms with Crippen molar-refractivity contribution >= 4 is 39.3 Å². The molecule has 0 aromatic carbocycles. The first-order valence-corrected chi connectivity index (χ1v) is 9.95. The van der Waals surface area contributed by atoms with E-state index in [0.717, 1.165) is 15.3 Å². The van der Waals surface area contributed by atoms with Gasteiger partial charge in [-0.25, -0.2) is 9.78 Å². The molecule has 3 aromatic heterocycles. The average molecular weight is 393 g/mol. The summed E-state index contributed by atoms with van der Waals surface area (Å²) < 4.78 is 11.9. The lowest BCUT2D eigenvalue weighted by Crippen LogP contribution is -2.24. The van der Waals surface area contributed by atoms with Gasteiger partial charge in [0, 0.05) is 10.9 Å². The van der Waals surface area contributed by atoms with Crippen LogP contribution in [0.1, 0.15) is 46.6 Å². The molecule has 3 heterocycles. The van der Waals surface area contributed by atoms with Gasteiger partial charge in [0.25, 0.3) is 5.56 Å². The molecular formula is C18H20N2O4S2. The van der Waals surface area contributed by atoms with E-state index in [-0.39, 0.29) is 17.4 Å². The van der Waals surface area contributed by atoms with Crippen molar-refractivity contribution < 1.29 is 13.9 Å². The van der Waals surface area contributed by atoms with Crippen molar-refractivity contribution in [2.45, 2.75) is 44.6 Å². The van der Waals surface area contributed by atoms with Gasteiger partial charge in [-0.2, -0.15) is 0 Å². The van der Waals surface area contributed by atoms with Crippen LogP contribution in [0.4, 0.5) is 0 Å². The maximum atomic E-state index is 13.0.